The second kappa shape index (κ2) is 8.72. The lowest BCUT2D eigenvalue weighted by Gasteiger charge is -2.43. The van der Waals surface area contributed by atoms with E-state index in [0.717, 1.165) is 18.9 Å². The van der Waals surface area contributed by atoms with Gasteiger partial charge < -0.3 is 28.1 Å². The Morgan fingerprint density at radius 3 is 2.66 bits per heavy atom. The summed E-state index contributed by atoms with van der Waals surface area (Å²) in [5.74, 6) is -1.41. The van der Waals surface area contributed by atoms with Crippen LogP contribution in [0.5, 0.6) is 5.75 Å². The molecule has 2 atom stereocenters. The number of ether oxygens (including phenoxy) is 1. The van der Waals surface area contributed by atoms with Crippen molar-refractivity contribution in [1.82, 2.24) is 9.47 Å². The number of hydrogen-bond acceptors (Lipinski definition) is 8. The number of aromatic nitrogens is 1. The molecule has 1 aromatic carbocycles. The number of carboxylic acid groups (broad SMARTS) is 1. The quantitative estimate of drug-likeness (QED) is 0.511. The van der Waals surface area contributed by atoms with Gasteiger partial charge >= 0.3 is 12.0 Å². The van der Waals surface area contributed by atoms with Crippen LogP contribution in [0.2, 0.25) is 5.02 Å². The number of halogens is 2. The summed E-state index contributed by atoms with van der Waals surface area (Å²) in [7, 11) is 0. The predicted octanol–water partition coefficient (Wildman–Crippen LogP) is 4.00. The number of carbonyl (C=O) groups is 1. The molecule has 12 heteroatoms. The molecule has 1 unspecified atom stereocenters. The second-order valence-electron chi connectivity index (χ2n) is 8.95. The molecule has 0 spiro atoms. The molecule has 10 nitrogen and oxygen atoms in total. The molecule has 35 heavy (non-hydrogen) atoms. The van der Waals surface area contributed by atoms with Crippen molar-refractivity contribution in [2.45, 2.75) is 44.8 Å². The summed E-state index contributed by atoms with van der Waals surface area (Å²) >= 11 is 6.76. The fraction of sp³-hybridized carbons (Fsp3) is 0.435. The molecule has 1 aliphatic heterocycles. The van der Waals surface area contributed by atoms with E-state index in [0.29, 0.717) is 30.9 Å². The van der Waals surface area contributed by atoms with Gasteiger partial charge in [-0.05, 0) is 32.8 Å². The maximum Gasteiger partial charge on any atom is 0.518 e. The van der Waals surface area contributed by atoms with Crippen LogP contribution in [-0.4, -0.2) is 46.4 Å². The number of benzene rings is 1. The first-order valence-corrected chi connectivity index (χ1v) is 11.6. The molecule has 3 aromatic rings. The maximum absolute atomic E-state index is 15.4. The molecule has 2 aromatic heterocycles. The monoisotopic (exact) mass is 507 g/mol. The van der Waals surface area contributed by atoms with Gasteiger partial charge in [0, 0.05) is 31.7 Å². The first-order valence-electron chi connectivity index (χ1n) is 11.2. The Morgan fingerprint density at radius 1 is 1.31 bits per heavy atom. The van der Waals surface area contributed by atoms with E-state index >= 15 is 4.39 Å². The SMILES string of the molecule is CC1CN(c2c(F)cc3c(=O)c(OC(=O)O)cn(C4CC4)c3c2Cl)CCN1[C@@H](C)c1coc(=O)o1. The van der Waals surface area contributed by atoms with Crippen molar-refractivity contribution >= 4 is 34.3 Å². The lowest BCUT2D eigenvalue weighted by molar-refractivity contribution is 0.122. The number of piperazine rings is 1. The molecule has 186 valence electrons. The lowest BCUT2D eigenvalue weighted by atomic mass is 10.1. The first kappa shape index (κ1) is 23.4. The van der Waals surface area contributed by atoms with Crippen molar-refractivity contribution in [2.75, 3.05) is 24.5 Å². The highest BCUT2D eigenvalue weighted by atomic mass is 35.5. The summed E-state index contributed by atoms with van der Waals surface area (Å²) in [6, 6.07) is 0.850. The van der Waals surface area contributed by atoms with Crippen LogP contribution in [0.4, 0.5) is 14.9 Å². The van der Waals surface area contributed by atoms with Crippen molar-refractivity contribution in [2.24, 2.45) is 0 Å². The van der Waals surface area contributed by atoms with Crippen molar-refractivity contribution in [3.05, 3.63) is 56.0 Å². The van der Waals surface area contributed by atoms with Gasteiger partial charge in [0.2, 0.25) is 5.43 Å². The van der Waals surface area contributed by atoms with Crippen molar-refractivity contribution in [1.29, 1.82) is 0 Å². The molecule has 0 amide bonds. The zero-order chi connectivity index (χ0) is 25.0. The largest absolute Gasteiger partial charge is 0.518 e. The average Bonchev–Trinajstić information content (AvgIpc) is 3.55. The van der Waals surface area contributed by atoms with Gasteiger partial charge in [-0.2, -0.15) is 0 Å². The zero-order valence-electron chi connectivity index (χ0n) is 19.0. The Balaban J connectivity index is 1.52. The van der Waals surface area contributed by atoms with E-state index in [2.05, 4.69) is 9.64 Å². The zero-order valence-corrected chi connectivity index (χ0v) is 19.7. The van der Waals surface area contributed by atoms with E-state index in [-0.39, 0.29) is 40.0 Å². The Bertz CT molecular complexity index is 1430. The fourth-order valence-electron chi connectivity index (χ4n) is 4.85. The van der Waals surface area contributed by atoms with Crippen molar-refractivity contribution < 1.29 is 27.9 Å². The lowest BCUT2D eigenvalue weighted by Crippen LogP contribution is -2.52. The highest BCUT2D eigenvalue weighted by Gasteiger charge is 2.34. The molecular weight excluding hydrogens is 485 g/mol. The molecule has 1 saturated carbocycles. The third-order valence-electron chi connectivity index (χ3n) is 6.67. The van der Waals surface area contributed by atoms with E-state index in [1.54, 1.807) is 4.57 Å². The van der Waals surface area contributed by atoms with E-state index in [4.69, 9.17) is 25.5 Å². The first-order chi connectivity index (χ1) is 16.7. The second-order valence-corrected chi connectivity index (χ2v) is 9.32. The van der Waals surface area contributed by atoms with Crippen molar-refractivity contribution in [3.8, 4) is 5.75 Å². The summed E-state index contributed by atoms with van der Waals surface area (Å²) in [6.45, 7) is 5.28. The summed E-state index contributed by atoms with van der Waals surface area (Å²) in [4.78, 5) is 39.1. The van der Waals surface area contributed by atoms with Crippen LogP contribution in [0.25, 0.3) is 10.9 Å². The summed E-state index contributed by atoms with van der Waals surface area (Å²) in [6.07, 6.45) is 2.66. The van der Waals surface area contributed by atoms with Crippen LogP contribution in [-0.2, 0) is 0 Å². The Labute approximate surface area is 203 Å². The van der Waals surface area contributed by atoms with E-state index < -0.39 is 23.2 Å². The predicted molar refractivity (Wildman–Crippen MR) is 124 cm³/mol. The average molecular weight is 508 g/mol. The Kier molecular flexibility index (Phi) is 5.84. The molecule has 2 fully saturated rings. The van der Waals surface area contributed by atoms with Crippen LogP contribution in [0.1, 0.15) is 44.5 Å². The van der Waals surface area contributed by atoms with Gasteiger partial charge in [-0.25, -0.2) is 14.0 Å². The molecular formula is C23H23ClFN3O7. The van der Waals surface area contributed by atoms with Gasteiger partial charge in [-0.3, -0.25) is 9.69 Å². The minimum atomic E-state index is -1.62. The van der Waals surface area contributed by atoms with Crippen LogP contribution >= 0.6 is 11.6 Å². The number of pyridine rings is 1. The van der Waals surface area contributed by atoms with Crippen LogP contribution < -0.4 is 20.9 Å². The van der Waals surface area contributed by atoms with Gasteiger partial charge in [-0.1, -0.05) is 11.6 Å². The number of nitrogens with zero attached hydrogens (tertiary/aromatic N) is 3. The van der Waals surface area contributed by atoms with Crippen LogP contribution in [0.3, 0.4) is 0 Å². The fourth-order valence-corrected chi connectivity index (χ4v) is 5.26. The third-order valence-corrected chi connectivity index (χ3v) is 7.02. The van der Waals surface area contributed by atoms with E-state index in [1.807, 2.05) is 18.7 Å². The van der Waals surface area contributed by atoms with Crippen LogP contribution in [0, 0.1) is 5.82 Å². The number of anilines is 1. The molecule has 1 N–H and O–H groups in total. The van der Waals surface area contributed by atoms with Gasteiger partial charge in [0.15, 0.2) is 11.5 Å². The highest BCUT2D eigenvalue weighted by molar-refractivity contribution is 6.38. The van der Waals surface area contributed by atoms with Crippen molar-refractivity contribution in [3.63, 3.8) is 0 Å². The van der Waals surface area contributed by atoms with Gasteiger partial charge in [0.05, 0.1) is 33.9 Å². The number of hydrogen-bond donors (Lipinski definition) is 1. The normalized spacial score (nSPS) is 19.8. The molecule has 5 rings (SSSR count). The minimum absolute atomic E-state index is 0.0197. The maximum atomic E-state index is 15.4. The summed E-state index contributed by atoms with van der Waals surface area (Å²) < 4.78 is 31.6. The molecule has 2 aliphatic rings. The standard InChI is InChI=1S/C23H23ClFN3O7/c1-11-8-26(5-6-27(11)12(2)17-10-33-23(32)35-17)20-15(25)7-14-19(18(20)24)28(13-3-4-13)9-16(21(14)29)34-22(30)31/h7,9-13H,3-6,8H2,1-2H3,(H,30,31)/t11?,12-/m0/s1. The highest BCUT2D eigenvalue weighted by Crippen LogP contribution is 2.43. The number of rotatable bonds is 5. The summed E-state index contributed by atoms with van der Waals surface area (Å²) in [5.41, 5.74) is -0.189. The third kappa shape index (κ3) is 4.19. The Hall–Kier alpha value is -3.31. The van der Waals surface area contributed by atoms with Gasteiger partial charge in [-0.15, -0.1) is 0 Å². The summed E-state index contributed by atoms with van der Waals surface area (Å²) in [5, 5.41) is 9.05. The van der Waals surface area contributed by atoms with Gasteiger partial charge in [0.1, 0.15) is 12.1 Å². The smallest absolute Gasteiger partial charge is 0.449 e. The molecule has 3 heterocycles. The van der Waals surface area contributed by atoms with E-state index in [1.165, 1.54) is 12.5 Å². The minimum Gasteiger partial charge on any atom is -0.449 e. The van der Waals surface area contributed by atoms with Gasteiger partial charge in [0.25, 0.3) is 0 Å². The molecule has 1 saturated heterocycles. The molecule has 0 radical (unpaired) electrons. The Morgan fingerprint density at radius 2 is 2.06 bits per heavy atom. The molecule has 0 bridgehead atoms. The number of fused-ring (bicyclic) bond motifs is 1. The molecule has 1 aliphatic carbocycles. The van der Waals surface area contributed by atoms with Crippen LogP contribution in [0.15, 0.2) is 36.9 Å². The van der Waals surface area contributed by atoms with E-state index in [9.17, 15) is 14.4 Å². The topological polar surface area (TPSA) is 118 Å².